The van der Waals surface area contributed by atoms with Gasteiger partial charge in [0.05, 0.1) is 0 Å². The molecule has 1 aromatic carbocycles. The Morgan fingerprint density at radius 2 is 2.04 bits per heavy atom. The molecule has 4 rings (SSSR count). The van der Waals surface area contributed by atoms with E-state index in [0.717, 1.165) is 50.4 Å². The van der Waals surface area contributed by atoms with E-state index in [4.69, 9.17) is 4.52 Å². The van der Waals surface area contributed by atoms with E-state index < -0.39 is 0 Å². The number of amides is 1. The largest absolute Gasteiger partial charge is 0.361 e. The molecule has 1 aliphatic carbocycles. The molecule has 24 heavy (non-hydrogen) atoms. The summed E-state index contributed by atoms with van der Waals surface area (Å²) in [7, 11) is 0. The monoisotopic (exact) mass is 325 g/mol. The molecule has 2 heterocycles. The molecule has 5 heteroatoms. The topological polar surface area (TPSA) is 58.4 Å². The highest BCUT2D eigenvalue weighted by molar-refractivity contribution is 5.94. The van der Waals surface area contributed by atoms with E-state index in [9.17, 15) is 4.79 Å². The third-order valence-corrected chi connectivity index (χ3v) is 5.06. The molecule has 2 aromatic rings. The summed E-state index contributed by atoms with van der Waals surface area (Å²) in [5.74, 6) is 1.01. The Morgan fingerprint density at radius 1 is 1.25 bits per heavy atom. The van der Waals surface area contributed by atoms with Crippen molar-refractivity contribution in [1.82, 2.24) is 15.4 Å². The highest BCUT2D eigenvalue weighted by atomic mass is 16.5. The minimum atomic E-state index is 0.00148. The van der Waals surface area contributed by atoms with Crippen molar-refractivity contribution in [2.75, 3.05) is 13.1 Å². The van der Waals surface area contributed by atoms with E-state index in [-0.39, 0.29) is 11.9 Å². The third-order valence-electron chi connectivity index (χ3n) is 5.06. The zero-order valence-electron chi connectivity index (χ0n) is 13.8. The van der Waals surface area contributed by atoms with Crippen LogP contribution in [0.3, 0.4) is 0 Å². The van der Waals surface area contributed by atoms with Gasteiger partial charge in [-0.3, -0.25) is 9.69 Å². The van der Waals surface area contributed by atoms with E-state index >= 15 is 0 Å². The van der Waals surface area contributed by atoms with Gasteiger partial charge in [-0.1, -0.05) is 23.4 Å². The second-order valence-corrected chi connectivity index (χ2v) is 6.79. The lowest BCUT2D eigenvalue weighted by Crippen LogP contribution is -2.39. The van der Waals surface area contributed by atoms with Gasteiger partial charge in [0.15, 0.2) is 0 Å². The number of carbonyl (C=O) groups is 1. The number of fused-ring (bicyclic) bond motifs is 1. The number of carbonyl (C=O) groups excluding carboxylic acids is 1. The molecule has 1 N–H and O–H groups in total. The molecule has 1 unspecified atom stereocenters. The normalized spacial score (nSPS) is 20.8. The number of nitrogens with zero attached hydrogens (tertiary/aromatic N) is 2. The summed E-state index contributed by atoms with van der Waals surface area (Å²) in [6.07, 6.45) is 5.12. The number of benzene rings is 1. The van der Waals surface area contributed by atoms with Gasteiger partial charge in [-0.25, -0.2) is 0 Å². The molecule has 1 saturated heterocycles. The first-order chi connectivity index (χ1) is 11.8. The van der Waals surface area contributed by atoms with Crippen LogP contribution in [0.5, 0.6) is 0 Å². The minimum absolute atomic E-state index is 0.00148. The average Bonchev–Trinajstić information content (AvgIpc) is 3.26. The van der Waals surface area contributed by atoms with Crippen molar-refractivity contribution >= 4 is 5.91 Å². The smallest absolute Gasteiger partial charge is 0.251 e. The van der Waals surface area contributed by atoms with Gasteiger partial charge in [0.1, 0.15) is 11.5 Å². The molecule has 0 saturated carbocycles. The van der Waals surface area contributed by atoms with Crippen molar-refractivity contribution in [1.29, 1.82) is 0 Å². The van der Waals surface area contributed by atoms with Crippen LogP contribution < -0.4 is 5.32 Å². The van der Waals surface area contributed by atoms with E-state index in [1.807, 2.05) is 30.3 Å². The van der Waals surface area contributed by atoms with E-state index in [0.29, 0.717) is 5.56 Å². The van der Waals surface area contributed by atoms with Gasteiger partial charge in [0, 0.05) is 30.1 Å². The molecule has 1 fully saturated rings. The fourth-order valence-electron chi connectivity index (χ4n) is 3.72. The van der Waals surface area contributed by atoms with Crippen LogP contribution in [0.15, 0.2) is 34.9 Å². The van der Waals surface area contributed by atoms with Crippen LogP contribution in [0.1, 0.15) is 46.6 Å². The van der Waals surface area contributed by atoms with E-state index in [1.54, 1.807) is 0 Å². The second kappa shape index (κ2) is 6.77. The Labute approximate surface area is 142 Å². The Kier molecular flexibility index (Phi) is 4.34. The summed E-state index contributed by atoms with van der Waals surface area (Å²) in [6, 6.07) is 9.56. The zero-order valence-corrected chi connectivity index (χ0v) is 13.8. The van der Waals surface area contributed by atoms with Gasteiger partial charge in [0.2, 0.25) is 0 Å². The number of nitrogens with one attached hydrogen (secondary N) is 1. The number of hydrogen-bond donors (Lipinski definition) is 1. The maximum absolute atomic E-state index is 12.4. The molecule has 1 atom stereocenters. The maximum Gasteiger partial charge on any atom is 0.251 e. The van der Waals surface area contributed by atoms with Gasteiger partial charge in [-0.05, 0) is 50.9 Å². The lowest BCUT2D eigenvalue weighted by Gasteiger charge is -2.23. The summed E-state index contributed by atoms with van der Waals surface area (Å²) in [5, 5.41) is 7.47. The third kappa shape index (κ3) is 3.22. The molecule has 1 aliphatic heterocycles. The summed E-state index contributed by atoms with van der Waals surface area (Å²) in [4.78, 5) is 14.8. The van der Waals surface area contributed by atoms with Crippen LogP contribution in [-0.4, -0.2) is 35.1 Å². The van der Waals surface area contributed by atoms with Crippen molar-refractivity contribution in [3.05, 3.63) is 52.9 Å². The van der Waals surface area contributed by atoms with Crippen LogP contribution >= 0.6 is 0 Å². The highest BCUT2D eigenvalue weighted by Crippen LogP contribution is 2.26. The van der Waals surface area contributed by atoms with Gasteiger partial charge in [-0.2, -0.15) is 0 Å². The fraction of sp³-hybridized carbons (Fsp3) is 0.474. The Balaban J connectivity index is 1.43. The van der Waals surface area contributed by atoms with Crippen LogP contribution in [0.2, 0.25) is 0 Å². The van der Waals surface area contributed by atoms with Crippen molar-refractivity contribution < 1.29 is 9.32 Å². The maximum atomic E-state index is 12.4. The number of likely N-dealkylation sites (tertiary alicyclic amines) is 1. The lowest BCUT2D eigenvalue weighted by molar-refractivity contribution is 0.0932. The fourth-order valence-corrected chi connectivity index (χ4v) is 3.72. The summed E-state index contributed by atoms with van der Waals surface area (Å²) < 4.78 is 5.55. The van der Waals surface area contributed by atoms with Gasteiger partial charge < -0.3 is 9.84 Å². The first-order valence-corrected chi connectivity index (χ1v) is 8.84. The molecule has 5 nitrogen and oxygen atoms in total. The highest BCUT2D eigenvalue weighted by Gasteiger charge is 2.28. The van der Waals surface area contributed by atoms with Gasteiger partial charge in [-0.15, -0.1) is 0 Å². The minimum Gasteiger partial charge on any atom is -0.361 e. The number of aryl methyl sites for hydroxylation is 1. The predicted molar refractivity (Wildman–Crippen MR) is 90.7 cm³/mol. The van der Waals surface area contributed by atoms with E-state index in [2.05, 4.69) is 15.4 Å². The summed E-state index contributed by atoms with van der Waals surface area (Å²) >= 11 is 0. The van der Waals surface area contributed by atoms with Crippen LogP contribution in [0.25, 0.3) is 0 Å². The molecule has 0 spiro atoms. The van der Waals surface area contributed by atoms with Crippen molar-refractivity contribution in [3.8, 4) is 0 Å². The lowest BCUT2D eigenvalue weighted by atomic mass is 9.91. The predicted octanol–water partition coefficient (Wildman–Crippen LogP) is 2.56. The summed E-state index contributed by atoms with van der Waals surface area (Å²) in [5.41, 5.74) is 2.99. The number of aromatic nitrogens is 1. The van der Waals surface area contributed by atoms with Crippen LogP contribution in [-0.2, 0) is 19.4 Å². The van der Waals surface area contributed by atoms with Crippen LogP contribution in [0.4, 0.5) is 0 Å². The van der Waals surface area contributed by atoms with E-state index in [1.165, 1.54) is 18.4 Å². The zero-order chi connectivity index (χ0) is 16.4. The Morgan fingerprint density at radius 3 is 2.83 bits per heavy atom. The second-order valence-electron chi connectivity index (χ2n) is 6.79. The SMILES string of the molecule is O=C(NC1CCc2onc(CN3CCCC3)c2C1)c1ccccc1. The first-order valence-electron chi connectivity index (χ1n) is 8.84. The van der Waals surface area contributed by atoms with Gasteiger partial charge in [0.25, 0.3) is 5.91 Å². The van der Waals surface area contributed by atoms with Crippen molar-refractivity contribution in [2.45, 2.75) is 44.7 Å². The summed E-state index contributed by atoms with van der Waals surface area (Å²) in [6.45, 7) is 3.17. The van der Waals surface area contributed by atoms with Crippen LogP contribution in [0, 0.1) is 0 Å². The van der Waals surface area contributed by atoms with Gasteiger partial charge >= 0.3 is 0 Å². The molecule has 0 radical (unpaired) electrons. The number of rotatable bonds is 4. The quantitative estimate of drug-likeness (QED) is 0.938. The Hall–Kier alpha value is -2.14. The Bertz CT molecular complexity index is 705. The average molecular weight is 325 g/mol. The van der Waals surface area contributed by atoms with Crippen molar-refractivity contribution in [2.24, 2.45) is 0 Å². The molecule has 1 amide bonds. The van der Waals surface area contributed by atoms with Crippen molar-refractivity contribution in [3.63, 3.8) is 0 Å². The number of hydrogen-bond acceptors (Lipinski definition) is 4. The standard InChI is InChI=1S/C19H23N3O2/c23-19(14-6-2-1-3-7-14)20-15-8-9-18-16(12-15)17(21-24-18)13-22-10-4-5-11-22/h1-3,6-7,15H,4-5,8-13H2,(H,20,23). The molecule has 0 bridgehead atoms. The molecule has 1 aromatic heterocycles. The first kappa shape index (κ1) is 15.4. The molecule has 126 valence electrons. The molecular formula is C19H23N3O2. The molecule has 2 aliphatic rings. The molecular weight excluding hydrogens is 302 g/mol.